The normalized spacial score (nSPS) is 30.3. The standard InChI is InChI=1S/C8H9NO5.K/c10-2-1-4-7(8(12)13)9-5(11)3-6(9)14-4;/h1,6-7,10H,2-3H2,(H,12,13);/q;+1/p-1/b4-1+;. The van der Waals surface area contributed by atoms with Gasteiger partial charge in [-0.2, -0.15) is 0 Å². The molecule has 2 aliphatic rings. The van der Waals surface area contributed by atoms with E-state index in [1.165, 1.54) is 6.08 Å². The van der Waals surface area contributed by atoms with Crippen molar-refractivity contribution in [1.29, 1.82) is 0 Å². The smallest absolute Gasteiger partial charge is 0.547 e. The number of carboxylic acid groups (broad SMARTS) is 1. The molecule has 0 bridgehead atoms. The molecule has 0 aliphatic carbocycles. The van der Waals surface area contributed by atoms with E-state index in [9.17, 15) is 14.7 Å². The molecule has 2 fully saturated rings. The summed E-state index contributed by atoms with van der Waals surface area (Å²) >= 11 is 0. The van der Waals surface area contributed by atoms with Crippen LogP contribution in [0.15, 0.2) is 11.8 Å². The number of amides is 1. The van der Waals surface area contributed by atoms with Crippen LogP contribution < -0.4 is 56.5 Å². The first-order valence-electron chi connectivity index (χ1n) is 4.14. The van der Waals surface area contributed by atoms with E-state index in [0.717, 1.165) is 4.90 Å². The van der Waals surface area contributed by atoms with E-state index >= 15 is 0 Å². The number of fused-ring (bicyclic) bond motifs is 1. The van der Waals surface area contributed by atoms with Gasteiger partial charge in [-0.25, -0.2) is 0 Å². The fourth-order valence-electron chi connectivity index (χ4n) is 1.65. The van der Waals surface area contributed by atoms with Crippen molar-refractivity contribution in [3.63, 3.8) is 0 Å². The number of carbonyl (C=O) groups excluding carboxylic acids is 2. The molecule has 0 aromatic carbocycles. The number of hydrogen-bond acceptors (Lipinski definition) is 5. The van der Waals surface area contributed by atoms with Gasteiger partial charge in [-0.15, -0.1) is 0 Å². The minimum atomic E-state index is -1.39. The van der Waals surface area contributed by atoms with E-state index in [1.54, 1.807) is 0 Å². The number of aliphatic hydroxyl groups is 1. The van der Waals surface area contributed by atoms with Crippen molar-refractivity contribution in [2.75, 3.05) is 6.61 Å². The molecule has 7 heteroatoms. The van der Waals surface area contributed by atoms with Crippen LogP contribution in [0.25, 0.3) is 0 Å². The molecule has 6 nitrogen and oxygen atoms in total. The van der Waals surface area contributed by atoms with E-state index in [4.69, 9.17) is 9.84 Å². The Balaban J connectivity index is 0.00000112. The van der Waals surface area contributed by atoms with Crippen molar-refractivity contribution in [2.24, 2.45) is 0 Å². The van der Waals surface area contributed by atoms with Crippen LogP contribution in [-0.2, 0) is 14.3 Å². The van der Waals surface area contributed by atoms with Gasteiger partial charge in [-0.05, 0) is 6.08 Å². The van der Waals surface area contributed by atoms with E-state index in [-0.39, 0.29) is 76.1 Å². The van der Waals surface area contributed by atoms with Gasteiger partial charge >= 0.3 is 51.4 Å². The number of rotatable bonds is 2. The molecule has 2 heterocycles. The maximum absolute atomic E-state index is 11.0. The molecule has 76 valence electrons. The Morgan fingerprint density at radius 2 is 2.40 bits per heavy atom. The first kappa shape index (κ1) is 13.1. The second kappa shape index (κ2) is 4.94. The Hall–Kier alpha value is 0.0764. The number of hydrogen-bond donors (Lipinski definition) is 1. The van der Waals surface area contributed by atoms with Crippen LogP contribution in [0, 0.1) is 0 Å². The second-order valence-electron chi connectivity index (χ2n) is 3.09. The molecular weight excluding hydrogens is 229 g/mol. The van der Waals surface area contributed by atoms with Crippen LogP contribution in [0.5, 0.6) is 0 Å². The van der Waals surface area contributed by atoms with Gasteiger partial charge in [-0.3, -0.25) is 9.69 Å². The first-order chi connectivity index (χ1) is 6.65. The maximum atomic E-state index is 11.0. The fraction of sp³-hybridized carbons (Fsp3) is 0.500. The number of aliphatic carboxylic acids is 1. The van der Waals surface area contributed by atoms with Crippen molar-refractivity contribution in [2.45, 2.75) is 18.7 Å². The summed E-state index contributed by atoms with van der Waals surface area (Å²) < 4.78 is 5.13. The first-order valence-corrected chi connectivity index (χ1v) is 4.14. The van der Waals surface area contributed by atoms with Gasteiger partial charge in [0.25, 0.3) is 0 Å². The third kappa shape index (κ3) is 2.13. The summed E-state index contributed by atoms with van der Waals surface area (Å²) in [6.07, 6.45) is 0.918. The Morgan fingerprint density at radius 1 is 1.73 bits per heavy atom. The van der Waals surface area contributed by atoms with Gasteiger partial charge in [0.1, 0.15) is 11.8 Å². The third-order valence-electron chi connectivity index (χ3n) is 2.28. The summed E-state index contributed by atoms with van der Waals surface area (Å²) in [6, 6.07) is -1.17. The fourth-order valence-corrected chi connectivity index (χ4v) is 1.65. The Labute approximate surface area is 128 Å². The summed E-state index contributed by atoms with van der Waals surface area (Å²) in [6.45, 7) is -0.326. The third-order valence-corrected chi connectivity index (χ3v) is 2.28. The summed E-state index contributed by atoms with van der Waals surface area (Å²) in [7, 11) is 0. The van der Waals surface area contributed by atoms with Gasteiger partial charge in [0.2, 0.25) is 5.91 Å². The average molecular weight is 237 g/mol. The molecule has 1 amide bonds. The minimum absolute atomic E-state index is 0. The van der Waals surface area contributed by atoms with E-state index < -0.39 is 18.2 Å². The average Bonchev–Trinajstić information content (AvgIpc) is 2.39. The number of carboxylic acids is 1. The largest absolute Gasteiger partial charge is 1.00 e. The predicted octanol–water partition coefficient (Wildman–Crippen LogP) is -5.43. The topological polar surface area (TPSA) is 89.9 Å². The molecule has 2 saturated heterocycles. The summed E-state index contributed by atoms with van der Waals surface area (Å²) in [5, 5.41) is 19.3. The summed E-state index contributed by atoms with van der Waals surface area (Å²) in [5.74, 6) is -1.57. The molecule has 2 unspecified atom stereocenters. The molecule has 15 heavy (non-hydrogen) atoms. The summed E-state index contributed by atoms with van der Waals surface area (Å²) in [5.41, 5.74) is 0. The van der Waals surface area contributed by atoms with Crippen LogP contribution in [0.2, 0.25) is 0 Å². The van der Waals surface area contributed by atoms with Crippen LogP contribution in [0.1, 0.15) is 6.42 Å². The van der Waals surface area contributed by atoms with Gasteiger partial charge < -0.3 is 19.7 Å². The van der Waals surface area contributed by atoms with Crippen molar-refractivity contribution in [3.05, 3.63) is 11.8 Å². The predicted molar refractivity (Wildman–Crippen MR) is 40.3 cm³/mol. The van der Waals surface area contributed by atoms with Crippen LogP contribution in [0.4, 0.5) is 0 Å². The maximum Gasteiger partial charge on any atom is 1.00 e. The molecular formula is C8H8KNO5. The molecule has 0 aromatic rings. The summed E-state index contributed by atoms with van der Waals surface area (Å²) in [4.78, 5) is 22.9. The van der Waals surface area contributed by atoms with E-state index in [1.807, 2.05) is 0 Å². The quantitative estimate of drug-likeness (QED) is 0.382. The van der Waals surface area contributed by atoms with Crippen LogP contribution in [-0.4, -0.2) is 40.8 Å². The zero-order chi connectivity index (χ0) is 10.3. The van der Waals surface area contributed by atoms with Gasteiger partial charge in [0.05, 0.1) is 19.0 Å². The molecule has 2 atom stereocenters. The van der Waals surface area contributed by atoms with Crippen LogP contribution in [0.3, 0.4) is 0 Å². The number of ether oxygens (including phenoxy) is 1. The minimum Gasteiger partial charge on any atom is -0.547 e. The van der Waals surface area contributed by atoms with E-state index in [2.05, 4.69) is 0 Å². The molecule has 2 rings (SSSR count). The zero-order valence-electron chi connectivity index (χ0n) is 8.17. The van der Waals surface area contributed by atoms with Crippen molar-refractivity contribution in [1.82, 2.24) is 4.90 Å². The molecule has 0 saturated carbocycles. The van der Waals surface area contributed by atoms with Gasteiger partial charge in [0.15, 0.2) is 6.23 Å². The molecule has 0 radical (unpaired) electrons. The Morgan fingerprint density at radius 3 is 2.87 bits per heavy atom. The molecule has 0 aromatic heterocycles. The monoisotopic (exact) mass is 237 g/mol. The van der Waals surface area contributed by atoms with Gasteiger partial charge in [-0.1, -0.05) is 0 Å². The molecule has 0 spiro atoms. The number of aliphatic hydroxyl groups excluding tert-OH is 1. The van der Waals surface area contributed by atoms with Gasteiger partial charge in [0, 0.05) is 0 Å². The Bertz CT molecular complexity index is 329. The molecule has 1 N–H and O–H groups in total. The van der Waals surface area contributed by atoms with E-state index in [0.29, 0.717) is 0 Å². The Kier molecular flexibility index (Phi) is 4.33. The zero-order valence-corrected chi connectivity index (χ0v) is 11.3. The van der Waals surface area contributed by atoms with Crippen molar-refractivity contribution < 1.29 is 75.9 Å². The SMILES string of the molecule is O=C([O-])C1/C(=C\CO)OC2CC(=O)N21.[K+]. The van der Waals surface area contributed by atoms with Crippen LogP contribution >= 0.6 is 0 Å². The second-order valence-corrected chi connectivity index (χ2v) is 3.09. The van der Waals surface area contributed by atoms with Crippen molar-refractivity contribution >= 4 is 11.9 Å². The number of β-lactam (4-membered cyclic amide) rings is 1. The van der Waals surface area contributed by atoms with Crippen molar-refractivity contribution in [3.8, 4) is 0 Å². The number of carbonyl (C=O) groups is 2. The number of nitrogens with zero attached hydrogens (tertiary/aromatic N) is 1. The molecule has 2 aliphatic heterocycles.